The van der Waals surface area contributed by atoms with Gasteiger partial charge in [-0.05, 0) is 19.1 Å². The predicted octanol–water partition coefficient (Wildman–Crippen LogP) is 5.56. The number of anilines is 1. The van der Waals surface area contributed by atoms with Gasteiger partial charge in [-0.1, -0.05) is 47.6 Å². The van der Waals surface area contributed by atoms with Crippen molar-refractivity contribution >= 4 is 23.4 Å². The molecule has 1 amide bonds. The van der Waals surface area contributed by atoms with E-state index in [1.54, 1.807) is 37.3 Å². The van der Waals surface area contributed by atoms with E-state index in [2.05, 4.69) is 10.5 Å². The van der Waals surface area contributed by atoms with Crippen molar-refractivity contribution in [3.05, 3.63) is 65.9 Å². The number of para-hydroxylation sites is 1. The van der Waals surface area contributed by atoms with Crippen LogP contribution in [0.1, 0.15) is 16.1 Å². The minimum absolute atomic E-state index is 0.247. The Labute approximate surface area is 157 Å². The van der Waals surface area contributed by atoms with E-state index in [1.807, 2.05) is 18.2 Å². The first kappa shape index (κ1) is 19.0. The van der Waals surface area contributed by atoms with Gasteiger partial charge in [0, 0.05) is 10.5 Å². The smallest absolute Gasteiger partial charge is 0.360 e. The first-order valence-electron chi connectivity index (χ1n) is 7.97. The molecule has 0 aliphatic rings. The van der Waals surface area contributed by atoms with E-state index in [0.717, 1.165) is 0 Å². The fourth-order valence-corrected chi connectivity index (χ4v) is 3.24. The summed E-state index contributed by atoms with van der Waals surface area (Å²) in [7, 11) is 0. The van der Waals surface area contributed by atoms with Crippen molar-refractivity contribution in [3.8, 4) is 11.3 Å². The Morgan fingerprint density at radius 2 is 1.78 bits per heavy atom. The number of thioether (sulfide) groups is 1. The van der Waals surface area contributed by atoms with Gasteiger partial charge >= 0.3 is 6.18 Å². The molecule has 140 valence electrons. The van der Waals surface area contributed by atoms with E-state index in [1.165, 1.54) is 6.07 Å². The van der Waals surface area contributed by atoms with E-state index >= 15 is 0 Å². The van der Waals surface area contributed by atoms with Crippen LogP contribution in [0.4, 0.5) is 18.9 Å². The molecule has 3 rings (SSSR count). The third-order valence-corrected chi connectivity index (χ3v) is 4.80. The first-order valence-corrected chi connectivity index (χ1v) is 8.95. The molecule has 0 bridgehead atoms. The zero-order chi connectivity index (χ0) is 19.4. The van der Waals surface area contributed by atoms with E-state index in [4.69, 9.17) is 4.52 Å². The first-order chi connectivity index (χ1) is 12.8. The van der Waals surface area contributed by atoms with E-state index < -0.39 is 17.8 Å². The van der Waals surface area contributed by atoms with Crippen LogP contribution in [-0.2, 0) is 0 Å². The quantitative estimate of drug-likeness (QED) is 0.578. The summed E-state index contributed by atoms with van der Waals surface area (Å²) in [6.07, 6.45) is -4.30. The maximum absolute atomic E-state index is 12.8. The number of hydrogen-bond donors (Lipinski definition) is 1. The van der Waals surface area contributed by atoms with E-state index in [0.29, 0.717) is 39.4 Å². The second kappa shape index (κ2) is 7.87. The molecule has 0 aliphatic carbocycles. The maximum Gasteiger partial charge on any atom is 0.398 e. The van der Waals surface area contributed by atoms with Crippen molar-refractivity contribution in [2.75, 3.05) is 11.1 Å². The molecule has 0 saturated heterocycles. The average Bonchev–Trinajstić information content (AvgIpc) is 3.02. The van der Waals surface area contributed by atoms with Crippen LogP contribution in [0.5, 0.6) is 0 Å². The number of rotatable bonds is 5. The van der Waals surface area contributed by atoms with Crippen molar-refractivity contribution < 1.29 is 22.5 Å². The number of nitrogens with zero attached hydrogens (tertiary/aromatic N) is 1. The number of amides is 1. The van der Waals surface area contributed by atoms with Crippen LogP contribution < -0.4 is 5.32 Å². The van der Waals surface area contributed by atoms with Crippen molar-refractivity contribution in [1.29, 1.82) is 0 Å². The summed E-state index contributed by atoms with van der Waals surface area (Å²) in [4.78, 5) is 13.1. The van der Waals surface area contributed by atoms with E-state index in [-0.39, 0.29) is 5.56 Å². The van der Waals surface area contributed by atoms with Gasteiger partial charge < -0.3 is 9.84 Å². The molecule has 0 aliphatic heterocycles. The highest BCUT2D eigenvalue weighted by atomic mass is 32.2. The van der Waals surface area contributed by atoms with Crippen molar-refractivity contribution in [1.82, 2.24) is 5.16 Å². The Hall–Kier alpha value is -2.74. The van der Waals surface area contributed by atoms with Gasteiger partial charge in [-0.3, -0.25) is 4.79 Å². The van der Waals surface area contributed by atoms with Gasteiger partial charge in [0.2, 0.25) is 0 Å². The number of carbonyl (C=O) groups excluding carboxylic acids is 1. The molecule has 0 atom stereocenters. The highest BCUT2D eigenvalue weighted by Crippen LogP contribution is 2.33. The molecule has 8 heteroatoms. The third kappa shape index (κ3) is 4.71. The summed E-state index contributed by atoms with van der Waals surface area (Å²) in [6, 6.07) is 15.4. The minimum atomic E-state index is -4.30. The highest BCUT2D eigenvalue weighted by Gasteiger charge is 2.28. The molecule has 0 radical (unpaired) electrons. The molecule has 2 aromatic carbocycles. The molecule has 3 aromatic rings. The zero-order valence-corrected chi connectivity index (χ0v) is 15.0. The molecule has 1 aromatic heterocycles. The number of halogens is 3. The lowest BCUT2D eigenvalue weighted by Crippen LogP contribution is -2.15. The number of nitrogens with one attached hydrogen (secondary N) is 1. The van der Waals surface area contributed by atoms with Crippen LogP contribution in [0.3, 0.4) is 0 Å². The molecule has 0 fully saturated rings. The summed E-state index contributed by atoms with van der Waals surface area (Å²) < 4.78 is 42.7. The largest absolute Gasteiger partial charge is 0.398 e. The molecule has 1 N–H and O–H groups in total. The van der Waals surface area contributed by atoms with Crippen LogP contribution in [0, 0.1) is 6.92 Å². The van der Waals surface area contributed by atoms with Gasteiger partial charge in [-0.2, -0.15) is 13.2 Å². The Morgan fingerprint density at radius 1 is 1.11 bits per heavy atom. The van der Waals surface area contributed by atoms with Crippen LogP contribution in [0.25, 0.3) is 11.3 Å². The van der Waals surface area contributed by atoms with Crippen LogP contribution in [-0.4, -0.2) is 23.0 Å². The predicted molar refractivity (Wildman–Crippen MR) is 97.9 cm³/mol. The van der Waals surface area contributed by atoms with Crippen LogP contribution in [0.2, 0.25) is 0 Å². The van der Waals surface area contributed by atoms with Gasteiger partial charge in [0.25, 0.3) is 5.91 Å². The second-order valence-corrected chi connectivity index (χ2v) is 6.70. The molecule has 4 nitrogen and oxygen atoms in total. The van der Waals surface area contributed by atoms with Crippen LogP contribution in [0.15, 0.2) is 64.0 Å². The molecule has 0 unspecified atom stereocenters. The number of carbonyl (C=O) groups is 1. The molecular formula is C19H15F3N2O2S. The zero-order valence-electron chi connectivity index (χ0n) is 14.2. The van der Waals surface area contributed by atoms with Crippen molar-refractivity contribution in [3.63, 3.8) is 0 Å². The lowest BCUT2D eigenvalue weighted by atomic mass is 10.1. The normalized spacial score (nSPS) is 11.4. The Bertz CT molecular complexity index is 940. The standard InChI is InChI=1S/C19H15F3N2O2S/c1-12-16(17(24-26-12)13-7-3-2-4-8-13)18(25)23-14-9-5-6-10-15(14)27-11-19(20,21)22/h2-10H,11H2,1H3,(H,23,25). The van der Waals surface area contributed by atoms with Gasteiger partial charge in [0.1, 0.15) is 17.0 Å². The number of aromatic nitrogens is 1. The SMILES string of the molecule is Cc1onc(-c2ccccc2)c1C(=O)Nc1ccccc1SCC(F)(F)F. The Balaban J connectivity index is 1.86. The Kier molecular flexibility index (Phi) is 5.55. The van der Waals surface area contributed by atoms with E-state index in [9.17, 15) is 18.0 Å². The average molecular weight is 392 g/mol. The third-order valence-electron chi connectivity index (χ3n) is 3.66. The van der Waals surface area contributed by atoms with Crippen molar-refractivity contribution in [2.45, 2.75) is 18.0 Å². The van der Waals surface area contributed by atoms with Gasteiger partial charge in [-0.25, -0.2) is 0 Å². The summed E-state index contributed by atoms with van der Waals surface area (Å²) in [6.45, 7) is 1.61. The monoisotopic (exact) mass is 392 g/mol. The fraction of sp³-hybridized carbons (Fsp3) is 0.158. The summed E-state index contributed by atoms with van der Waals surface area (Å²) in [5, 5.41) is 6.62. The molecule has 0 saturated carbocycles. The number of alkyl halides is 3. The summed E-state index contributed by atoms with van der Waals surface area (Å²) >= 11 is 0.619. The molecule has 1 heterocycles. The molecular weight excluding hydrogens is 377 g/mol. The minimum Gasteiger partial charge on any atom is -0.360 e. The second-order valence-electron chi connectivity index (χ2n) is 5.68. The highest BCUT2D eigenvalue weighted by molar-refractivity contribution is 7.99. The van der Waals surface area contributed by atoms with Gasteiger partial charge in [-0.15, -0.1) is 11.8 Å². The van der Waals surface area contributed by atoms with Gasteiger partial charge in [0.05, 0.1) is 11.4 Å². The van der Waals surface area contributed by atoms with Crippen LogP contribution >= 0.6 is 11.8 Å². The number of aryl methyl sites for hydroxylation is 1. The maximum atomic E-state index is 12.8. The summed E-state index contributed by atoms with van der Waals surface area (Å²) in [5.74, 6) is -1.21. The lowest BCUT2D eigenvalue weighted by molar-refractivity contribution is -0.105. The number of benzene rings is 2. The topological polar surface area (TPSA) is 55.1 Å². The lowest BCUT2D eigenvalue weighted by Gasteiger charge is -2.12. The van der Waals surface area contributed by atoms with Crippen molar-refractivity contribution in [2.24, 2.45) is 0 Å². The Morgan fingerprint density at radius 3 is 2.48 bits per heavy atom. The van der Waals surface area contributed by atoms with Gasteiger partial charge in [0.15, 0.2) is 0 Å². The fourth-order valence-electron chi connectivity index (χ4n) is 2.47. The number of hydrogen-bond acceptors (Lipinski definition) is 4. The summed E-state index contributed by atoms with van der Waals surface area (Å²) in [5.41, 5.74) is 1.64. The molecule has 0 spiro atoms. The molecule has 27 heavy (non-hydrogen) atoms.